The molecule has 2 aromatic carbocycles. The summed E-state index contributed by atoms with van der Waals surface area (Å²) < 4.78 is 1.38. The molecule has 3 heterocycles. The molecule has 4 aromatic rings. The summed E-state index contributed by atoms with van der Waals surface area (Å²) in [5.41, 5.74) is 11.0. The van der Waals surface area contributed by atoms with Gasteiger partial charge < -0.3 is 27.0 Å². The predicted molar refractivity (Wildman–Crippen MR) is 150 cm³/mol. The number of amides is 1. The summed E-state index contributed by atoms with van der Waals surface area (Å²) in [6, 6.07) is 20.3. The molecule has 0 bridgehead atoms. The number of carbonyl (C=O) groups excluding carboxylic acids is 1. The van der Waals surface area contributed by atoms with Crippen LogP contribution in [0.2, 0.25) is 0 Å². The first-order valence-corrected chi connectivity index (χ1v) is 13.6. The number of nitrogens with two attached hydrogens (primary N) is 2. The molecule has 208 valence electrons. The largest absolute Gasteiger partial charge is 0.371 e. The molecule has 0 spiro atoms. The van der Waals surface area contributed by atoms with Crippen LogP contribution in [0.3, 0.4) is 0 Å². The number of aromatic nitrogens is 4. The average Bonchev–Trinajstić information content (AvgIpc) is 3.67. The average molecular weight is 543 g/mol. The fraction of sp³-hybridized carbons (Fsp3) is 0.379. The summed E-state index contributed by atoms with van der Waals surface area (Å²) in [6.45, 7) is 1.40. The first-order valence-electron chi connectivity index (χ1n) is 13.6. The van der Waals surface area contributed by atoms with E-state index in [1.54, 1.807) is 4.90 Å². The van der Waals surface area contributed by atoms with E-state index in [1.165, 1.54) is 17.2 Å². The number of imidazole rings is 1. The Hall–Kier alpha value is -3.90. The van der Waals surface area contributed by atoms with E-state index in [0.717, 1.165) is 11.1 Å². The Morgan fingerprint density at radius 1 is 1.02 bits per heavy atom. The second kappa shape index (κ2) is 10.3. The summed E-state index contributed by atoms with van der Waals surface area (Å²) in [4.78, 5) is 27.7. The number of nitrogens with one attached hydrogen (secondary N) is 1. The number of carbonyl (C=O) groups is 1. The Morgan fingerprint density at radius 2 is 1.70 bits per heavy atom. The van der Waals surface area contributed by atoms with Crippen LogP contribution in [-0.4, -0.2) is 71.9 Å². The lowest BCUT2D eigenvalue weighted by Gasteiger charge is -2.46. The Morgan fingerprint density at radius 3 is 2.30 bits per heavy atom. The number of benzene rings is 2. The third kappa shape index (κ3) is 4.22. The molecular formula is C29H34N8O3. The molecule has 40 heavy (non-hydrogen) atoms. The van der Waals surface area contributed by atoms with Gasteiger partial charge in [0.05, 0.1) is 12.2 Å². The Kier molecular flexibility index (Phi) is 6.75. The van der Waals surface area contributed by atoms with Gasteiger partial charge in [0, 0.05) is 31.6 Å². The Labute approximate surface area is 231 Å². The smallest absolute Gasteiger partial charge is 0.225 e. The number of likely N-dealkylation sites (tertiary alicyclic amines) is 1. The molecule has 6 rings (SSSR count). The van der Waals surface area contributed by atoms with Crippen molar-refractivity contribution in [3.63, 3.8) is 0 Å². The van der Waals surface area contributed by atoms with Crippen LogP contribution in [0.25, 0.3) is 11.2 Å². The number of anilines is 1. The third-order valence-electron chi connectivity index (χ3n) is 8.53. The van der Waals surface area contributed by atoms with E-state index in [2.05, 4.69) is 44.5 Å². The monoisotopic (exact) mass is 542 g/mol. The third-order valence-corrected chi connectivity index (χ3v) is 8.53. The lowest BCUT2D eigenvalue weighted by Crippen LogP contribution is -2.65. The van der Waals surface area contributed by atoms with Crippen molar-refractivity contribution in [2.75, 3.05) is 25.0 Å². The number of fused-ring (bicyclic) bond motifs is 1. The maximum Gasteiger partial charge on any atom is 0.225 e. The van der Waals surface area contributed by atoms with Crippen molar-refractivity contribution < 1.29 is 15.0 Å². The highest BCUT2D eigenvalue weighted by molar-refractivity contribution is 5.84. The van der Waals surface area contributed by atoms with Crippen molar-refractivity contribution in [3.05, 3.63) is 84.4 Å². The molecule has 1 aliphatic heterocycles. The van der Waals surface area contributed by atoms with Gasteiger partial charge in [-0.25, -0.2) is 15.0 Å². The number of aliphatic hydroxyl groups is 2. The minimum absolute atomic E-state index is 0.0391. The zero-order chi connectivity index (χ0) is 27.9. The van der Waals surface area contributed by atoms with Gasteiger partial charge in [-0.3, -0.25) is 14.3 Å². The summed E-state index contributed by atoms with van der Waals surface area (Å²) in [5, 5.41) is 27.7. The number of nitrogens with zero attached hydrogens (tertiary/aromatic N) is 5. The van der Waals surface area contributed by atoms with Gasteiger partial charge in [0.15, 0.2) is 28.4 Å². The number of hydrogen-bond acceptors (Lipinski definition) is 9. The minimum atomic E-state index is -2.10. The van der Waals surface area contributed by atoms with Gasteiger partial charge >= 0.3 is 0 Å². The zero-order valence-electron chi connectivity index (χ0n) is 22.1. The summed E-state index contributed by atoms with van der Waals surface area (Å²) in [5.74, 6) is -1.25. The van der Waals surface area contributed by atoms with E-state index in [-0.39, 0.29) is 30.4 Å². The molecule has 1 aliphatic carbocycles. The van der Waals surface area contributed by atoms with E-state index in [1.807, 2.05) is 36.4 Å². The second-order valence-corrected chi connectivity index (χ2v) is 10.8. The molecular weight excluding hydrogens is 508 g/mol. The van der Waals surface area contributed by atoms with Crippen LogP contribution in [0, 0.1) is 5.92 Å². The van der Waals surface area contributed by atoms with Crippen LogP contribution in [-0.2, 0) is 10.5 Å². The van der Waals surface area contributed by atoms with Crippen LogP contribution in [0.4, 0.5) is 5.82 Å². The van der Waals surface area contributed by atoms with Crippen LogP contribution in [0.1, 0.15) is 36.3 Å². The normalized spacial score (nSPS) is 27.0. The van der Waals surface area contributed by atoms with Crippen LogP contribution >= 0.6 is 0 Å². The Balaban J connectivity index is 1.37. The number of primary amides is 1. The second-order valence-electron chi connectivity index (χ2n) is 10.8. The van der Waals surface area contributed by atoms with Gasteiger partial charge in [-0.2, -0.15) is 0 Å². The van der Waals surface area contributed by atoms with Gasteiger partial charge in [-0.15, -0.1) is 0 Å². The van der Waals surface area contributed by atoms with Crippen LogP contribution < -0.4 is 16.8 Å². The zero-order valence-corrected chi connectivity index (χ0v) is 22.1. The fourth-order valence-corrected chi connectivity index (χ4v) is 6.44. The topological polar surface area (TPSA) is 168 Å². The summed E-state index contributed by atoms with van der Waals surface area (Å²) in [7, 11) is 0. The van der Waals surface area contributed by atoms with Gasteiger partial charge in [0.2, 0.25) is 5.91 Å². The van der Waals surface area contributed by atoms with Crippen molar-refractivity contribution >= 4 is 22.9 Å². The lowest BCUT2D eigenvalue weighted by atomic mass is 9.91. The van der Waals surface area contributed by atoms with E-state index < -0.39 is 23.3 Å². The van der Waals surface area contributed by atoms with Crippen LogP contribution in [0.15, 0.2) is 73.3 Å². The SMILES string of the molecule is NC(=O)[C@@H]1CC[C@](O)(N2CCC(N)C2)[C@]1(O)n1cnc2c(NCC(c3ccccc3)c3ccccc3)ncnc21. The van der Waals surface area contributed by atoms with Crippen LogP contribution in [0.5, 0.6) is 0 Å². The highest BCUT2D eigenvalue weighted by Crippen LogP contribution is 2.50. The van der Waals surface area contributed by atoms with E-state index in [9.17, 15) is 15.0 Å². The molecule has 0 radical (unpaired) electrons. The molecule has 1 amide bonds. The predicted octanol–water partition coefficient (Wildman–Crippen LogP) is 1.33. The molecule has 1 saturated heterocycles. The molecule has 11 nitrogen and oxygen atoms in total. The first kappa shape index (κ1) is 26.3. The summed E-state index contributed by atoms with van der Waals surface area (Å²) in [6.07, 6.45) is 3.81. The van der Waals surface area contributed by atoms with Crippen molar-refractivity contribution in [2.45, 2.75) is 42.7 Å². The quantitative estimate of drug-likeness (QED) is 0.221. The molecule has 7 N–H and O–H groups in total. The van der Waals surface area contributed by atoms with Crippen molar-refractivity contribution in [3.8, 4) is 0 Å². The standard InChI is InChI=1S/C29H34N8O3/c30-21-12-14-36(16-21)28(39)13-11-23(25(31)38)29(28,40)37-18-35-24-26(33-17-34-27(24)37)32-15-22(19-7-3-1-4-8-19)20-9-5-2-6-10-20/h1-10,17-18,21-23,39-40H,11-16,30H2,(H2,31,38)(H,32,33,34)/t21?,23-,28+,29-/m0/s1. The summed E-state index contributed by atoms with van der Waals surface area (Å²) >= 11 is 0. The van der Waals surface area contributed by atoms with Crippen molar-refractivity contribution in [2.24, 2.45) is 17.4 Å². The fourth-order valence-electron chi connectivity index (χ4n) is 6.44. The molecule has 4 atom stereocenters. The highest BCUT2D eigenvalue weighted by atomic mass is 16.4. The van der Waals surface area contributed by atoms with Gasteiger partial charge in [-0.05, 0) is 30.4 Å². The molecule has 1 saturated carbocycles. The molecule has 1 unspecified atom stereocenters. The van der Waals surface area contributed by atoms with Gasteiger partial charge in [0.25, 0.3) is 0 Å². The van der Waals surface area contributed by atoms with Gasteiger partial charge in [0.1, 0.15) is 6.33 Å². The van der Waals surface area contributed by atoms with E-state index >= 15 is 0 Å². The van der Waals surface area contributed by atoms with E-state index in [0.29, 0.717) is 37.4 Å². The number of rotatable bonds is 8. The number of hydrogen-bond donors (Lipinski definition) is 5. The maximum absolute atomic E-state index is 12.6. The first-order chi connectivity index (χ1) is 19.3. The highest BCUT2D eigenvalue weighted by Gasteiger charge is 2.66. The maximum atomic E-state index is 12.6. The molecule has 2 fully saturated rings. The van der Waals surface area contributed by atoms with E-state index in [4.69, 9.17) is 11.5 Å². The molecule has 11 heteroatoms. The lowest BCUT2D eigenvalue weighted by molar-refractivity contribution is -0.261. The molecule has 2 aromatic heterocycles. The molecule has 2 aliphatic rings. The van der Waals surface area contributed by atoms with Gasteiger partial charge in [-0.1, -0.05) is 60.7 Å². The minimum Gasteiger partial charge on any atom is -0.371 e. The van der Waals surface area contributed by atoms with Crippen molar-refractivity contribution in [1.29, 1.82) is 0 Å². The Bertz CT molecular complexity index is 1460. The van der Waals surface area contributed by atoms with Crippen molar-refractivity contribution in [1.82, 2.24) is 24.4 Å².